The summed E-state index contributed by atoms with van der Waals surface area (Å²) in [5.74, 6) is 0.698. The molecule has 1 aliphatic rings. The van der Waals surface area contributed by atoms with Gasteiger partial charge in [-0.25, -0.2) is 18.1 Å². The number of nitrogens with zero attached hydrogens (tertiary/aromatic N) is 2. The molecule has 110 valence electrons. The Balaban J connectivity index is 0.00000180. The third-order valence-corrected chi connectivity index (χ3v) is 4.81. The second-order valence-electron chi connectivity index (χ2n) is 4.95. The van der Waals surface area contributed by atoms with E-state index in [2.05, 4.69) is 9.71 Å². The van der Waals surface area contributed by atoms with Crippen LogP contribution in [0.2, 0.25) is 0 Å². The van der Waals surface area contributed by atoms with Gasteiger partial charge < -0.3 is 10.3 Å². The minimum atomic E-state index is -3.54. The molecule has 0 atom stereocenters. The zero-order valence-electron chi connectivity index (χ0n) is 11.2. The van der Waals surface area contributed by atoms with Crippen LogP contribution in [-0.2, 0) is 16.6 Å². The molecule has 6 nitrogen and oxygen atoms in total. The predicted octanol–water partition coefficient (Wildman–Crippen LogP) is 0.793. The van der Waals surface area contributed by atoms with Crippen LogP contribution in [0.5, 0.6) is 0 Å². The van der Waals surface area contributed by atoms with Gasteiger partial charge in [0.1, 0.15) is 5.82 Å². The lowest BCUT2D eigenvalue weighted by atomic mass is 9.78. The molecule has 0 amide bonds. The highest BCUT2D eigenvalue weighted by atomic mass is 35.5. The quantitative estimate of drug-likeness (QED) is 0.841. The summed E-state index contributed by atoms with van der Waals surface area (Å²) >= 11 is 0. The normalized spacial score (nSPS) is 17.6. The van der Waals surface area contributed by atoms with E-state index in [0.717, 1.165) is 19.3 Å². The number of hydrogen-bond acceptors (Lipinski definition) is 4. The van der Waals surface area contributed by atoms with Crippen LogP contribution in [0, 0.1) is 6.92 Å². The van der Waals surface area contributed by atoms with Crippen molar-refractivity contribution in [2.45, 2.75) is 50.2 Å². The lowest BCUT2D eigenvalue weighted by molar-refractivity contribution is 0.251. The van der Waals surface area contributed by atoms with E-state index in [1.165, 1.54) is 0 Å². The van der Waals surface area contributed by atoms with E-state index in [0.29, 0.717) is 12.4 Å². The Kier molecular flexibility index (Phi) is 5.00. The molecule has 0 radical (unpaired) electrons. The van der Waals surface area contributed by atoms with E-state index in [4.69, 9.17) is 5.73 Å². The minimum Gasteiger partial charge on any atom is -0.334 e. The largest absolute Gasteiger partial charge is 0.334 e. The first-order chi connectivity index (χ1) is 8.36. The molecular weight excluding hydrogens is 288 g/mol. The van der Waals surface area contributed by atoms with Crippen molar-refractivity contribution >= 4 is 22.4 Å². The van der Waals surface area contributed by atoms with Gasteiger partial charge in [0, 0.05) is 24.8 Å². The van der Waals surface area contributed by atoms with Crippen molar-refractivity contribution < 1.29 is 8.42 Å². The van der Waals surface area contributed by atoms with E-state index >= 15 is 0 Å². The second-order valence-corrected chi connectivity index (χ2v) is 6.67. The first-order valence-corrected chi connectivity index (χ1v) is 7.67. The molecule has 0 aliphatic heterocycles. The standard InChI is InChI=1S/C11H20N4O2S.ClH/c1-3-15-7-10(14-9(15)2)18(16,17)13-8-11(12)5-4-6-11;/h7,13H,3-6,8,12H2,1-2H3;1H. The van der Waals surface area contributed by atoms with Gasteiger partial charge in [-0.1, -0.05) is 0 Å². The molecule has 0 aromatic carbocycles. The van der Waals surface area contributed by atoms with Crippen molar-refractivity contribution in [2.75, 3.05) is 6.54 Å². The summed E-state index contributed by atoms with van der Waals surface area (Å²) in [5.41, 5.74) is 5.63. The Morgan fingerprint density at radius 2 is 2.16 bits per heavy atom. The monoisotopic (exact) mass is 308 g/mol. The van der Waals surface area contributed by atoms with Crippen LogP contribution in [0.3, 0.4) is 0 Å². The van der Waals surface area contributed by atoms with Crippen LogP contribution in [0.25, 0.3) is 0 Å². The van der Waals surface area contributed by atoms with Gasteiger partial charge in [-0.15, -0.1) is 12.4 Å². The first-order valence-electron chi connectivity index (χ1n) is 6.19. The van der Waals surface area contributed by atoms with Crippen LogP contribution < -0.4 is 10.5 Å². The van der Waals surface area contributed by atoms with Gasteiger partial charge >= 0.3 is 0 Å². The Bertz CT molecular complexity index is 537. The Morgan fingerprint density at radius 1 is 1.53 bits per heavy atom. The summed E-state index contributed by atoms with van der Waals surface area (Å²) in [7, 11) is -3.54. The van der Waals surface area contributed by atoms with Crippen LogP contribution in [0.1, 0.15) is 32.0 Å². The van der Waals surface area contributed by atoms with Crippen LogP contribution >= 0.6 is 12.4 Å². The zero-order valence-corrected chi connectivity index (χ0v) is 12.9. The van der Waals surface area contributed by atoms with E-state index in [1.807, 2.05) is 6.92 Å². The molecule has 0 unspecified atom stereocenters. The first kappa shape index (κ1) is 16.4. The van der Waals surface area contributed by atoms with Gasteiger partial charge in [0.15, 0.2) is 5.03 Å². The SMILES string of the molecule is CCn1cc(S(=O)(=O)NCC2(N)CCC2)nc1C.Cl. The molecule has 2 rings (SSSR count). The molecule has 19 heavy (non-hydrogen) atoms. The average Bonchev–Trinajstić information content (AvgIpc) is 2.66. The summed E-state index contributed by atoms with van der Waals surface area (Å²) in [6.45, 7) is 4.73. The topological polar surface area (TPSA) is 90.0 Å². The minimum absolute atomic E-state index is 0. The van der Waals surface area contributed by atoms with E-state index < -0.39 is 10.0 Å². The summed E-state index contributed by atoms with van der Waals surface area (Å²) in [5, 5.41) is 0.0739. The number of hydrogen-bond donors (Lipinski definition) is 2. The average molecular weight is 309 g/mol. The van der Waals surface area contributed by atoms with Crippen LogP contribution in [-0.4, -0.2) is 30.1 Å². The smallest absolute Gasteiger partial charge is 0.259 e. The second kappa shape index (κ2) is 5.78. The molecule has 0 bridgehead atoms. The Morgan fingerprint density at radius 3 is 2.58 bits per heavy atom. The van der Waals surface area contributed by atoms with Crippen LogP contribution in [0.4, 0.5) is 0 Å². The van der Waals surface area contributed by atoms with Crippen molar-refractivity contribution in [2.24, 2.45) is 5.73 Å². The predicted molar refractivity (Wildman–Crippen MR) is 75.8 cm³/mol. The maximum atomic E-state index is 12.1. The number of aryl methyl sites for hydroxylation is 2. The fraction of sp³-hybridized carbons (Fsp3) is 0.727. The molecule has 1 aromatic rings. The Hall–Kier alpha value is -0.630. The summed E-state index contributed by atoms with van der Waals surface area (Å²) in [6, 6.07) is 0. The molecule has 1 aliphatic carbocycles. The van der Waals surface area contributed by atoms with Crippen LogP contribution in [0.15, 0.2) is 11.2 Å². The molecule has 0 saturated heterocycles. The summed E-state index contributed by atoms with van der Waals surface area (Å²) < 4.78 is 28.5. The van der Waals surface area contributed by atoms with Crippen molar-refractivity contribution in [3.8, 4) is 0 Å². The molecule has 8 heteroatoms. The lowest BCUT2D eigenvalue weighted by Crippen LogP contribution is -2.54. The van der Waals surface area contributed by atoms with Gasteiger partial charge in [-0.05, 0) is 33.1 Å². The van der Waals surface area contributed by atoms with Gasteiger partial charge in [0.05, 0.1) is 0 Å². The maximum Gasteiger partial charge on any atom is 0.259 e. The molecular formula is C11H21ClN4O2S. The lowest BCUT2D eigenvalue weighted by Gasteiger charge is -2.37. The highest BCUT2D eigenvalue weighted by Crippen LogP contribution is 2.28. The van der Waals surface area contributed by atoms with Gasteiger partial charge in [0.25, 0.3) is 10.0 Å². The molecule has 1 fully saturated rings. The highest BCUT2D eigenvalue weighted by Gasteiger charge is 2.34. The van der Waals surface area contributed by atoms with Crippen molar-refractivity contribution in [3.05, 3.63) is 12.0 Å². The third kappa shape index (κ3) is 3.47. The van der Waals surface area contributed by atoms with Crippen molar-refractivity contribution in [3.63, 3.8) is 0 Å². The number of imidazole rings is 1. The fourth-order valence-corrected chi connectivity index (χ4v) is 3.19. The van der Waals surface area contributed by atoms with E-state index in [9.17, 15) is 8.42 Å². The molecule has 3 N–H and O–H groups in total. The van der Waals surface area contributed by atoms with E-state index in [1.54, 1.807) is 17.7 Å². The fourth-order valence-electron chi connectivity index (χ4n) is 2.05. The number of aromatic nitrogens is 2. The number of nitrogens with one attached hydrogen (secondary N) is 1. The molecule has 1 aromatic heterocycles. The number of halogens is 1. The highest BCUT2D eigenvalue weighted by molar-refractivity contribution is 7.89. The van der Waals surface area contributed by atoms with Gasteiger partial charge in [-0.2, -0.15) is 0 Å². The van der Waals surface area contributed by atoms with Gasteiger partial charge in [-0.3, -0.25) is 0 Å². The van der Waals surface area contributed by atoms with Gasteiger partial charge in [0.2, 0.25) is 0 Å². The number of nitrogens with two attached hydrogens (primary N) is 1. The molecule has 0 spiro atoms. The number of sulfonamides is 1. The van der Waals surface area contributed by atoms with Crippen molar-refractivity contribution in [1.29, 1.82) is 0 Å². The molecule has 1 saturated carbocycles. The number of rotatable bonds is 5. The molecule has 1 heterocycles. The Labute approximate surface area is 120 Å². The summed E-state index contributed by atoms with van der Waals surface area (Å²) in [6.07, 6.45) is 4.37. The van der Waals surface area contributed by atoms with Crippen molar-refractivity contribution in [1.82, 2.24) is 14.3 Å². The zero-order chi connectivity index (χ0) is 13.4. The summed E-state index contributed by atoms with van der Waals surface area (Å²) in [4.78, 5) is 4.07. The maximum absolute atomic E-state index is 12.1. The van der Waals surface area contributed by atoms with E-state index in [-0.39, 0.29) is 29.5 Å². The third-order valence-electron chi connectivity index (χ3n) is 3.53.